The fourth-order valence-corrected chi connectivity index (χ4v) is 3.70. The Morgan fingerprint density at radius 3 is 2.96 bits per heavy atom. The highest BCUT2D eigenvalue weighted by molar-refractivity contribution is 6.03. The van der Waals surface area contributed by atoms with Gasteiger partial charge in [0.1, 0.15) is 18.1 Å². The van der Waals surface area contributed by atoms with Crippen LogP contribution in [0.2, 0.25) is 0 Å². The van der Waals surface area contributed by atoms with Crippen LogP contribution in [0.4, 0.5) is 23.1 Å². The van der Waals surface area contributed by atoms with Crippen LogP contribution in [0, 0.1) is 0 Å². The molecule has 1 aromatic carbocycles. The molecule has 134 valence electrons. The second-order valence-corrected chi connectivity index (χ2v) is 7.09. The average Bonchev–Trinajstić information content (AvgIpc) is 3.33. The fourth-order valence-electron chi connectivity index (χ4n) is 3.70. The molecule has 26 heavy (non-hydrogen) atoms. The van der Waals surface area contributed by atoms with Crippen molar-refractivity contribution >= 4 is 29.0 Å². The minimum atomic E-state index is -0.0483. The van der Waals surface area contributed by atoms with Crippen molar-refractivity contribution in [1.82, 2.24) is 9.97 Å². The molecule has 3 aliphatic rings. The molecule has 1 saturated carbocycles. The second-order valence-electron chi connectivity index (χ2n) is 7.09. The maximum absolute atomic E-state index is 12.3. The summed E-state index contributed by atoms with van der Waals surface area (Å²) < 4.78 is 5.29. The Bertz CT molecular complexity index is 894. The van der Waals surface area contributed by atoms with Crippen molar-refractivity contribution in [1.29, 1.82) is 0 Å². The second kappa shape index (κ2) is 5.86. The topological polar surface area (TPSA) is 79.4 Å². The highest BCUT2D eigenvalue weighted by atomic mass is 16.5. The maximum Gasteiger partial charge on any atom is 0.244 e. The zero-order valence-corrected chi connectivity index (χ0v) is 14.7. The van der Waals surface area contributed by atoms with E-state index in [1.54, 1.807) is 7.11 Å². The van der Waals surface area contributed by atoms with E-state index < -0.39 is 0 Å². The third-order valence-corrected chi connectivity index (χ3v) is 5.15. The summed E-state index contributed by atoms with van der Waals surface area (Å²) in [7, 11) is 1.62. The van der Waals surface area contributed by atoms with Crippen LogP contribution in [-0.2, 0) is 17.6 Å². The number of hydrogen-bond donors (Lipinski definition) is 2. The van der Waals surface area contributed by atoms with E-state index in [1.807, 2.05) is 23.1 Å². The summed E-state index contributed by atoms with van der Waals surface area (Å²) in [6.07, 6.45) is 5.35. The van der Waals surface area contributed by atoms with Crippen molar-refractivity contribution in [2.24, 2.45) is 0 Å². The monoisotopic (exact) mass is 351 g/mol. The quantitative estimate of drug-likeness (QED) is 0.882. The van der Waals surface area contributed by atoms with Gasteiger partial charge in [-0.15, -0.1) is 0 Å². The lowest BCUT2D eigenvalue weighted by atomic mass is 10.1. The van der Waals surface area contributed by atoms with E-state index >= 15 is 0 Å². The van der Waals surface area contributed by atoms with Gasteiger partial charge in [0.05, 0.1) is 24.2 Å². The van der Waals surface area contributed by atoms with Gasteiger partial charge in [-0.25, -0.2) is 4.98 Å². The van der Waals surface area contributed by atoms with Gasteiger partial charge in [-0.2, -0.15) is 4.98 Å². The predicted molar refractivity (Wildman–Crippen MR) is 99.3 cm³/mol. The summed E-state index contributed by atoms with van der Waals surface area (Å²) in [5, 5.41) is 6.35. The number of fused-ring (bicyclic) bond motifs is 2. The van der Waals surface area contributed by atoms with Gasteiger partial charge in [0.15, 0.2) is 0 Å². The van der Waals surface area contributed by atoms with E-state index in [9.17, 15) is 4.79 Å². The summed E-state index contributed by atoms with van der Waals surface area (Å²) >= 11 is 0. The molecule has 1 aromatic heterocycles. The molecular formula is C19H21N5O2. The van der Waals surface area contributed by atoms with E-state index in [4.69, 9.17) is 14.7 Å². The van der Waals surface area contributed by atoms with E-state index in [0.29, 0.717) is 12.0 Å². The number of rotatable bonds is 4. The van der Waals surface area contributed by atoms with Crippen molar-refractivity contribution in [3.63, 3.8) is 0 Å². The number of aromatic nitrogens is 2. The Morgan fingerprint density at radius 1 is 1.27 bits per heavy atom. The summed E-state index contributed by atoms with van der Waals surface area (Å²) in [5.74, 6) is 2.21. The third kappa shape index (κ3) is 2.64. The van der Waals surface area contributed by atoms with Gasteiger partial charge in [-0.05, 0) is 44.2 Å². The lowest BCUT2D eigenvalue weighted by Crippen LogP contribution is -2.36. The first kappa shape index (κ1) is 15.4. The van der Waals surface area contributed by atoms with Gasteiger partial charge < -0.3 is 20.3 Å². The Kier molecular flexibility index (Phi) is 3.48. The Hall–Kier alpha value is -2.83. The first-order valence-corrected chi connectivity index (χ1v) is 9.13. The first-order valence-electron chi connectivity index (χ1n) is 9.13. The Balaban J connectivity index is 1.61. The standard InChI is InChI=1S/C19H21N5O2/c1-26-12-7-8-16-15(9-12)21-17(25)10-24(16)18-13-3-2-4-14(13)22-19(23-18)20-11-5-6-11/h7-9,11H,2-6,10H2,1H3,(H,21,25)(H,20,22,23). The number of hydrogen-bond acceptors (Lipinski definition) is 6. The molecule has 7 nitrogen and oxygen atoms in total. The highest BCUT2D eigenvalue weighted by Gasteiger charge is 2.31. The first-order chi connectivity index (χ1) is 12.7. The predicted octanol–water partition coefficient (Wildman–Crippen LogP) is 2.64. The number of benzene rings is 1. The number of amides is 1. The fraction of sp³-hybridized carbons (Fsp3) is 0.421. The van der Waals surface area contributed by atoms with E-state index in [-0.39, 0.29) is 12.5 Å². The molecule has 2 N–H and O–H groups in total. The number of anilines is 4. The average molecular weight is 351 g/mol. The number of nitrogens with one attached hydrogen (secondary N) is 2. The van der Waals surface area contributed by atoms with Crippen molar-refractivity contribution in [2.75, 3.05) is 29.2 Å². The van der Waals surface area contributed by atoms with Crippen LogP contribution in [0.5, 0.6) is 5.75 Å². The van der Waals surface area contributed by atoms with Gasteiger partial charge in [-0.1, -0.05) is 0 Å². The molecule has 1 aliphatic heterocycles. The van der Waals surface area contributed by atoms with E-state index in [0.717, 1.165) is 47.9 Å². The normalized spacial score (nSPS) is 18.2. The maximum atomic E-state index is 12.3. The molecule has 0 unspecified atom stereocenters. The molecule has 5 rings (SSSR count). The minimum absolute atomic E-state index is 0.0483. The Morgan fingerprint density at radius 2 is 2.15 bits per heavy atom. The molecule has 7 heteroatoms. The van der Waals surface area contributed by atoms with Crippen LogP contribution in [0.1, 0.15) is 30.5 Å². The van der Waals surface area contributed by atoms with Gasteiger partial charge in [-0.3, -0.25) is 4.79 Å². The number of carbonyl (C=O) groups excluding carboxylic acids is 1. The highest BCUT2D eigenvalue weighted by Crippen LogP contribution is 2.40. The lowest BCUT2D eigenvalue weighted by Gasteiger charge is -2.31. The Labute approximate surface area is 151 Å². The van der Waals surface area contributed by atoms with Gasteiger partial charge >= 0.3 is 0 Å². The zero-order valence-electron chi connectivity index (χ0n) is 14.7. The molecule has 0 bridgehead atoms. The van der Waals surface area contributed by atoms with E-state index in [2.05, 4.69) is 10.6 Å². The van der Waals surface area contributed by atoms with Crippen LogP contribution in [0.15, 0.2) is 18.2 Å². The number of nitrogens with zero attached hydrogens (tertiary/aromatic N) is 3. The summed E-state index contributed by atoms with van der Waals surface area (Å²) in [6.45, 7) is 0.256. The van der Waals surface area contributed by atoms with Crippen LogP contribution in [0.3, 0.4) is 0 Å². The minimum Gasteiger partial charge on any atom is -0.497 e. The molecule has 0 radical (unpaired) electrons. The number of ether oxygens (including phenoxy) is 1. The van der Waals surface area contributed by atoms with Gasteiger partial charge in [0.2, 0.25) is 11.9 Å². The molecule has 2 aromatic rings. The van der Waals surface area contributed by atoms with Gasteiger partial charge in [0, 0.05) is 17.7 Å². The van der Waals surface area contributed by atoms with Crippen LogP contribution in [-0.4, -0.2) is 35.6 Å². The van der Waals surface area contributed by atoms with Crippen molar-refractivity contribution in [2.45, 2.75) is 38.1 Å². The number of aryl methyl sites for hydroxylation is 1. The molecule has 0 atom stereocenters. The summed E-state index contributed by atoms with van der Waals surface area (Å²) in [4.78, 5) is 23.9. The number of carbonyl (C=O) groups is 1. The lowest BCUT2D eigenvalue weighted by molar-refractivity contribution is -0.115. The van der Waals surface area contributed by atoms with Gasteiger partial charge in [0.25, 0.3) is 0 Å². The van der Waals surface area contributed by atoms with Crippen LogP contribution in [0.25, 0.3) is 0 Å². The van der Waals surface area contributed by atoms with Crippen molar-refractivity contribution in [3.8, 4) is 5.75 Å². The largest absolute Gasteiger partial charge is 0.497 e. The molecule has 1 amide bonds. The van der Waals surface area contributed by atoms with Crippen LogP contribution >= 0.6 is 0 Å². The zero-order chi connectivity index (χ0) is 17.7. The van der Waals surface area contributed by atoms with E-state index in [1.165, 1.54) is 18.4 Å². The molecule has 2 aliphatic carbocycles. The summed E-state index contributed by atoms with van der Waals surface area (Å²) in [6, 6.07) is 6.23. The van der Waals surface area contributed by atoms with Crippen LogP contribution < -0.4 is 20.3 Å². The summed E-state index contributed by atoms with van der Waals surface area (Å²) in [5.41, 5.74) is 3.97. The molecule has 0 spiro atoms. The molecule has 1 fully saturated rings. The SMILES string of the molecule is COc1ccc2c(c1)NC(=O)CN2c1nc(NC2CC2)nc2c1CCC2. The van der Waals surface area contributed by atoms with Crippen molar-refractivity contribution in [3.05, 3.63) is 29.5 Å². The molecule has 0 saturated heterocycles. The number of methoxy groups -OCH3 is 1. The molecule has 2 heterocycles. The molecular weight excluding hydrogens is 330 g/mol. The van der Waals surface area contributed by atoms with Crippen molar-refractivity contribution < 1.29 is 9.53 Å². The third-order valence-electron chi connectivity index (χ3n) is 5.15. The smallest absolute Gasteiger partial charge is 0.244 e.